The van der Waals surface area contributed by atoms with Gasteiger partial charge in [0.15, 0.2) is 0 Å². The third-order valence-corrected chi connectivity index (χ3v) is 5.00. The van der Waals surface area contributed by atoms with E-state index in [0.717, 1.165) is 18.4 Å². The highest BCUT2D eigenvalue weighted by Gasteiger charge is 2.34. The SMILES string of the molecule is NNC(=NC1CN2CCC1CC2)NC1CCCCC1. The van der Waals surface area contributed by atoms with Gasteiger partial charge < -0.3 is 10.2 Å². The zero-order valence-corrected chi connectivity index (χ0v) is 11.8. The van der Waals surface area contributed by atoms with Crippen molar-refractivity contribution in [1.82, 2.24) is 15.6 Å². The van der Waals surface area contributed by atoms with Crippen molar-refractivity contribution in [3.63, 3.8) is 0 Å². The summed E-state index contributed by atoms with van der Waals surface area (Å²) in [5.74, 6) is 7.22. The number of aliphatic imine (C=N–C) groups is 1. The molecule has 1 saturated carbocycles. The van der Waals surface area contributed by atoms with Gasteiger partial charge in [-0.2, -0.15) is 0 Å². The maximum absolute atomic E-state index is 5.65. The van der Waals surface area contributed by atoms with E-state index in [2.05, 4.69) is 15.6 Å². The highest BCUT2D eigenvalue weighted by molar-refractivity contribution is 5.79. The molecular formula is C14H27N5. The second kappa shape index (κ2) is 6.09. The molecule has 0 spiro atoms. The van der Waals surface area contributed by atoms with E-state index in [1.54, 1.807) is 0 Å². The lowest BCUT2D eigenvalue weighted by Crippen LogP contribution is -2.53. The Morgan fingerprint density at radius 1 is 1.05 bits per heavy atom. The molecule has 108 valence electrons. The maximum atomic E-state index is 5.65. The highest BCUT2D eigenvalue weighted by Crippen LogP contribution is 2.29. The second-order valence-corrected chi connectivity index (χ2v) is 6.31. The smallest absolute Gasteiger partial charge is 0.206 e. The predicted molar refractivity (Wildman–Crippen MR) is 77.7 cm³/mol. The van der Waals surface area contributed by atoms with Crippen LogP contribution >= 0.6 is 0 Å². The van der Waals surface area contributed by atoms with Crippen LogP contribution in [0.4, 0.5) is 0 Å². The molecular weight excluding hydrogens is 238 g/mol. The third-order valence-electron chi connectivity index (χ3n) is 5.00. The average Bonchev–Trinajstić information content (AvgIpc) is 2.49. The quantitative estimate of drug-likeness (QED) is 0.299. The molecule has 5 nitrogen and oxygen atoms in total. The summed E-state index contributed by atoms with van der Waals surface area (Å²) < 4.78 is 0. The molecule has 1 unspecified atom stereocenters. The molecule has 3 aliphatic heterocycles. The lowest BCUT2D eigenvalue weighted by molar-refractivity contribution is 0.0902. The summed E-state index contributed by atoms with van der Waals surface area (Å²) in [7, 11) is 0. The van der Waals surface area contributed by atoms with Gasteiger partial charge in [0.05, 0.1) is 6.04 Å². The van der Waals surface area contributed by atoms with Crippen molar-refractivity contribution in [3.05, 3.63) is 0 Å². The van der Waals surface area contributed by atoms with Gasteiger partial charge in [-0.15, -0.1) is 0 Å². The van der Waals surface area contributed by atoms with Crippen LogP contribution in [0.2, 0.25) is 0 Å². The largest absolute Gasteiger partial charge is 0.353 e. The Morgan fingerprint density at radius 2 is 1.79 bits per heavy atom. The van der Waals surface area contributed by atoms with Crippen LogP contribution in [0.25, 0.3) is 0 Å². The minimum Gasteiger partial charge on any atom is -0.353 e. The van der Waals surface area contributed by atoms with Gasteiger partial charge in [0.1, 0.15) is 0 Å². The fourth-order valence-corrected chi connectivity index (χ4v) is 3.80. The van der Waals surface area contributed by atoms with E-state index in [1.807, 2.05) is 0 Å². The summed E-state index contributed by atoms with van der Waals surface area (Å²) in [6, 6.07) is 0.995. The average molecular weight is 265 g/mol. The Bertz CT molecular complexity index is 316. The van der Waals surface area contributed by atoms with E-state index in [1.165, 1.54) is 58.0 Å². The van der Waals surface area contributed by atoms with E-state index in [0.29, 0.717) is 12.1 Å². The molecule has 4 aliphatic rings. The number of guanidine groups is 1. The van der Waals surface area contributed by atoms with Crippen molar-refractivity contribution >= 4 is 5.96 Å². The molecule has 19 heavy (non-hydrogen) atoms. The molecule has 0 aromatic rings. The third kappa shape index (κ3) is 3.20. The minimum atomic E-state index is 0.435. The Kier molecular flexibility index (Phi) is 4.23. The number of rotatable bonds is 2. The van der Waals surface area contributed by atoms with Gasteiger partial charge in [0.25, 0.3) is 0 Å². The van der Waals surface area contributed by atoms with Gasteiger partial charge in [0.2, 0.25) is 5.96 Å². The first-order chi connectivity index (χ1) is 9.35. The van der Waals surface area contributed by atoms with Crippen LogP contribution < -0.4 is 16.6 Å². The van der Waals surface area contributed by atoms with Crippen molar-refractivity contribution in [2.75, 3.05) is 19.6 Å². The number of hydrazine groups is 1. The van der Waals surface area contributed by atoms with E-state index < -0.39 is 0 Å². The normalized spacial score (nSPS) is 36.3. The van der Waals surface area contributed by atoms with Gasteiger partial charge in [-0.05, 0) is 44.7 Å². The predicted octanol–water partition coefficient (Wildman–Crippen LogP) is 0.822. The first kappa shape index (κ1) is 13.2. The minimum absolute atomic E-state index is 0.435. The van der Waals surface area contributed by atoms with Crippen molar-refractivity contribution in [1.29, 1.82) is 0 Å². The molecule has 4 rings (SSSR count). The number of hydrogen-bond donors (Lipinski definition) is 3. The molecule has 1 aliphatic carbocycles. The monoisotopic (exact) mass is 265 g/mol. The van der Waals surface area contributed by atoms with Crippen LogP contribution in [0.3, 0.4) is 0 Å². The summed E-state index contributed by atoms with van der Waals surface area (Å²) >= 11 is 0. The molecule has 0 amide bonds. The van der Waals surface area contributed by atoms with Gasteiger partial charge in [-0.25, -0.2) is 10.8 Å². The molecule has 2 bridgehead atoms. The fourth-order valence-electron chi connectivity index (χ4n) is 3.80. The molecule has 3 saturated heterocycles. The first-order valence-electron chi connectivity index (χ1n) is 7.88. The second-order valence-electron chi connectivity index (χ2n) is 6.31. The van der Waals surface area contributed by atoms with E-state index in [4.69, 9.17) is 10.8 Å². The van der Waals surface area contributed by atoms with Gasteiger partial charge in [0, 0.05) is 12.6 Å². The Labute approximate surface area is 116 Å². The van der Waals surface area contributed by atoms with Crippen molar-refractivity contribution in [2.24, 2.45) is 16.8 Å². The Hall–Kier alpha value is -0.810. The van der Waals surface area contributed by atoms with Crippen LogP contribution in [0.15, 0.2) is 4.99 Å². The zero-order chi connectivity index (χ0) is 13.1. The standard InChI is InChI=1S/C14H27N5/c15-18-14(16-12-4-2-1-3-5-12)17-13-10-19-8-6-11(13)7-9-19/h11-13H,1-10,15H2,(H2,16,17,18). The van der Waals surface area contributed by atoms with E-state index in [9.17, 15) is 0 Å². The summed E-state index contributed by atoms with van der Waals surface area (Å²) in [5, 5.41) is 3.51. The molecule has 4 N–H and O–H groups in total. The van der Waals surface area contributed by atoms with Crippen LogP contribution in [0.1, 0.15) is 44.9 Å². The van der Waals surface area contributed by atoms with Gasteiger partial charge in [-0.3, -0.25) is 5.43 Å². The Balaban J connectivity index is 1.59. The van der Waals surface area contributed by atoms with E-state index in [-0.39, 0.29) is 0 Å². The summed E-state index contributed by atoms with van der Waals surface area (Å²) in [5.41, 5.74) is 2.78. The van der Waals surface area contributed by atoms with Crippen molar-refractivity contribution in [2.45, 2.75) is 57.0 Å². The van der Waals surface area contributed by atoms with Crippen molar-refractivity contribution in [3.8, 4) is 0 Å². The summed E-state index contributed by atoms with van der Waals surface area (Å²) in [6.07, 6.45) is 9.14. The molecule has 4 fully saturated rings. The molecule has 3 heterocycles. The number of piperidine rings is 3. The molecule has 0 aromatic carbocycles. The number of nitrogens with zero attached hydrogens (tertiary/aromatic N) is 2. The van der Waals surface area contributed by atoms with Crippen molar-refractivity contribution < 1.29 is 0 Å². The van der Waals surface area contributed by atoms with Gasteiger partial charge in [-0.1, -0.05) is 19.3 Å². The zero-order valence-electron chi connectivity index (χ0n) is 11.8. The first-order valence-corrected chi connectivity index (χ1v) is 7.88. The fraction of sp³-hybridized carbons (Fsp3) is 0.929. The number of hydrogen-bond acceptors (Lipinski definition) is 3. The molecule has 5 heteroatoms. The van der Waals surface area contributed by atoms with Crippen LogP contribution in [-0.4, -0.2) is 42.6 Å². The molecule has 1 atom stereocenters. The lowest BCUT2D eigenvalue weighted by Gasteiger charge is -2.43. The van der Waals surface area contributed by atoms with Gasteiger partial charge >= 0.3 is 0 Å². The summed E-state index contributed by atoms with van der Waals surface area (Å²) in [4.78, 5) is 7.39. The number of nitrogens with one attached hydrogen (secondary N) is 2. The van der Waals surface area contributed by atoms with Crippen LogP contribution in [-0.2, 0) is 0 Å². The van der Waals surface area contributed by atoms with E-state index >= 15 is 0 Å². The van der Waals surface area contributed by atoms with Crippen LogP contribution in [0, 0.1) is 5.92 Å². The number of nitrogens with two attached hydrogens (primary N) is 1. The Morgan fingerprint density at radius 3 is 2.37 bits per heavy atom. The molecule has 0 radical (unpaired) electrons. The summed E-state index contributed by atoms with van der Waals surface area (Å²) in [6.45, 7) is 3.64. The lowest BCUT2D eigenvalue weighted by atomic mass is 9.84. The topological polar surface area (TPSA) is 65.7 Å². The number of fused-ring (bicyclic) bond motifs is 3. The maximum Gasteiger partial charge on any atom is 0.206 e. The molecule has 0 aromatic heterocycles. The highest BCUT2D eigenvalue weighted by atomic mass is 15.3. The van der Waals surface area contributed by atoms with Crippen LogP contribution in [0.5, 0.6) is 0 Å².